The molecule has 2 rings (SSSR count). The van der Waals surface area contributed by atoms with E-state index in [1.165, 1.54) is 16.7 Å². The summed E-state index contributed by atoms with van der Waals surface area (Å²) in [5.41, 5.74) is 9.68. The molecule has 2 aromatic carbocycles. The van der Waals surface area contributed by atoms with Crippen molar-refractivity contribution in [2.24, 2.45) is 5.73 Å². The van der Waals surface area contributed by atoms with Gasteiger partial charge in [-0.3, -0.25) is 0 Å². The summed E-state index contributed by atoms with van der Waals surface area (Å²) in [6, 6.07) is 19.7. The maximum atomic E-state index is 5.89. The molecule has 0 aliphatic rings. The maximum Gasteiger partial charge on any atom is 0.0332 e. The maximum absolute atomic E-state index is 5.89. The van der Waals surface area contributed by atoms with Crippen LogP contribution in [0.4, 0.5) is 0 Å². The molecule has 0 aromatic heterocycles. The van der Waals surface area contributed by atoms with E-state index in [1.54, 1.807) is 0 Å². The number of hydrogen-bond acceptors (Lipinski definition) is 2. The van der Waals surface area contributed by atoms with E-state index in [-0.39, 0.29) is 6.04 Å². The van der Waals surface area contributed by atoms with Gasteiger partial charge in [0.15, 0.2) is 0 Å². The normalized spacial score (nSPS) is 14.1. The van der Waals surface area contributed by atoms with Gasteiger partial charge < -0.3 is 11.1 Å². The van der Waals surface area contributed by atoms with Crippen molar-refractivity contribution >= 4 is 0 Å². The van der Waals surface area contributed by atoms with Crippen LogP contribution in [0, 0.1) is 0 Å². The smallest absolute Gasteiger partial charge is 0.0332 e. The van der Waals surface area contributed by atoms with E-state index in [4.69, 9.17) is 5.73 Å². The lowest BCUT2D eigenvalue weighted by atomic mass is 9.97. The zero-order chi connectivity index (χ0) is 13.7. The van der Waals surface area contributed by atoms with E-state index in [9.17, 15) is 0 Å². The SMILES string of the molecule is CNC(CC(C)N)c1ccc(-c2ccccc2)cc1. The highest BCUT2D eigenvalue weighted by molar-refractivity contribution is 5.63. The van der Waals surface area contributed by atoms with Gasteiger partial charge in [-0.2, -0.15) is 0 Å². The lowest BCUT2D eigenvalue weighted by molar-refractivity contribution is 0.499. The van der Waals surface area contributed by atoms with Crippen LogP contribution < -0.4 is 11.1 Å². The fourth-order valence-electron chi connectivity index (χ4n) is 2.33. The Hall–Kier alpha value is -1.64. The number of benzene rings is 2. The number of hydrogen-bond donors (Lipinski definition) is 2. The minimum absolute atomic E-state index is 0.200. The number of rotatable bonds is 5. The van der Waals surface area contributed by atoms with Gasteiger partial charge in [0, 0.05) is 12.1 Å². The fraction of sp³-hybridized carbons (Fsp3) is 0.294. The highest BCUT2D eigenvalue weighted by Gasteiger charge is 2.11. The van der Waals surface area contributed by atoms with E-state index in [0.717, 1.165) is 6.42 Å². The second-order valence-corrected chi connectivity index (χ2v) is 5.04. The largest absolute Gasteiger partial charge is 0.328 e. The van der Waals surface area contributed by atoms with Gasteiger partial charge in [-0.25, -0.2) is 0 Å². The molecule has 0 bridgehead atoms. The van der Waals surface area contributed by atoms with Gasteiger partial charge in [-0.05, 0) is 37.1 Å². The van der Waals surface area contributed by atoms with E-state index >= 15 is 0 Å². The predicted molar refractivity (Wildman–Crippen MR) is 81.9 cm³/mol. The Kier molecular flexibility index (Phi) is 4.72. The van der Waals surface area contributed by atoms with Crippen molar-refractivity contribution in [3.63, 3.8) is 0 Å². The molecule has 0 aliphatic heterocycles. The molecule has 2 aromatic rings. The Morgan fingerprint density at radius 1 is 0.947 bits per heavy atom. The third-order valence-corrected chi connectivity index (χ3v) is 3.38. The molecule has 0 saturated carbocycles. The zero-order valence-corrected chi connectivity index (χ0v) is 11.6. The average molecular weight is 254 g/mol. The monoisotopic (exact) mass is 254 g/mol. The van der Waals surface area contributed by atoms with E-state index < -0.39 is 0 Å². The first kappa shape index (κ1) is 13.8. The third-order valence-electron chi connectivity index (χ3n) is 3.38. The van der Waals surface area contributed by atoms with Crippen molar-refractivity contribution < 1.29 is 0 Å². The quantitative estimate of drug-likeness (QED) is 0.858. The molecule has 0 spiro atoms. The molecular weight excluding hydrogens is 232 g/mol. The molecule has 0 saturated heterocycles. The molecule has 0 aliphatic carbocycles. The van der Waals surface area contributed by atoms with Crippen LogP contribution in [0.15, 0.2) is 54.6 Å². The molecule has 2 unspecified atom stereocenters. The third kappa shape index (κ3) is 3.66. The molecule has 19 heavy (non-hydrogen) atoms. The van der Waals surface area contributed by atoms with Crippen LogP contribution >= 0.6 is 0 Å². The minimum Gasteiger partial charge on any atom is -0.328 e. The first-order valence-electron chi connectivity index (χ1n) is 6.79. The van der Waals surface area contributed by atoms with Gasteiger partial charge in [0.1, 0.15) is 0 Å². The highest BCUT2D eigenvalue weighted by atomic mass is 14.9. The molecule has 2 atom stereocenters. The Labute approximate surface area is 115 Å². The van der Waals surface area contributed by atoms with Crippen molar-refractivity contribution in [1.29, 1.82) is 0 Å². The summed E-state index contributed by atoms with van der Waals surface area (Å²) >= 11 is 0. The fourth-order valence-corrected chi connectivity index (χ4v) is 2.33. The summed E-state index contributed by atoms with van der Waals surface area (Å²) in [5.74, 6) is 0. The van der Waals surface area contributed by atoms with Crippen molar-refractivity contribution in [3.8, 4) is 11.1 Å². The Morgan fingerprint density at radius 3 is 2.05 bits per heavy atom. The van der Waals surface area contributed by atoms with Gasteiger partial charge in [-0.15, -0.1) is 0 Å². The summed E-state index contributed by atoms with van der Waals surface area (Å²) in [4.78, 5) is 0. The number of nitrogens with two attached hydrogens (primary N) is 1. The standard InChI is InChI=1S/C17H22N2/c1-13(18)12-17(19-2)16-10-8-15(9-11-16)14-6-4-3-5-7-14/h3-11,13,17,19H,12,18H2,1-2H3. The first-order valence-corrected chi connectivity index (χ1v) is 6.79. The van der Waals surface area contributed by atoms with Crippen LogP contribution in [-0.2, 0) is 0 Å². The zero-order valence-electron chi connectivity index (χ0n) is 11.6. The Bertz CT molecular complexity index is 488. The second kappa shape index (κ2) is 6.50. The summed E-state index contributed by atoms with van der Waals surface area (Å²) in [6.07, 6.45) is 0.946. The predicted octanol–water partition coefficient (Wildman–Crippen LogP) is 3.35. The lowest BCUT2D eigenvalue weighted by Crippen LogP contribution is -2.25. The number of nitrogens with one attached hydrogen (secondary N) is 1. The molecule has 0 amide bonds. The van der Waals surface area contributed by atoms with Crippen molar-refractivity contribution in [2.75, 3.05) is 7.05 Å². The lowest BCUT2D eigenvalue weighted by Gasteiger charge is -2.19. The van der Waals surface area contributed by atoms with Gasteiger partial charge in [0.25, 0.3) is 0 Å². The van der Waals surface area contributed by atoms with Gasteiger partial charge >= 0.3 is 0 Å². The highest BCUT2D eigenvalue weighted by Crippen LogP contribution is 2.23. The van der Waals surface area contributed by atoms with Crippen molar-refractivity contribution in [3.05, 3.63) is 60.2 Å². The van der Waals surface area contributed by atoms with Crippen molar-refractivity contribution in [2.45, 2.75) is 25.4 Å². The topological polar surface area (TPSA) is 38.0 Å². The molecular formula is C17H22N2. The first-order chi connectivity index (χ1) is 9.20. The van der Waals surface area contributed by atoms with Gasteiger partial charge in [-0.1, -0.05) is 54.6 Å². The summed E-state index contributed by atoms with van der Waals surface area (Å²) < 4.78 is 0. The van der Waals surface area contributed by atoms with Crippen LogP contribution in [0.5, 0.6) is 0 Å². The molecule has 2 nitrogen and oxygen atoms in total. The van der Waals surface area contributed by atoms with Gasteiger partial charge in [0.05, 0.1) is 0 Å². The molecule has 0 heterocycles. The van der Waals surface area contributed by atoms with E-state index in [0.29, 0.717) is 6.04 Å². The van der Waals surface area contributed by atoms with E-state index in [2.05, 4.69) is 53.8 Å². The average Bonchev–Trinajstić information content (AvgIpc) is 2.46. The minimum atomic E-state index is 0.200. The molecule has 2 heteroatoms. The molecule has 0 fully saturated rings. The van der Waals surface area contributed by atoms with Crippen LogP contribution in [0.1, 0.15) is 24.9 Å². The van der Waals surface area contributed by atoms with Crippen molar-refractivity contribution in [1.82, 2.24) is 5.32 Å². The van der Waals surface area contributed by atoms with Crippen LogP contribution in [0.3, 0.4) is 0 Å². The van der Waals surface area contributed by atoms with E-state index in [1.807, 2.05) is 20.0 Å². The van der Waals surface area contributed by atoms with Gasteiger partial charge in [0.2, 0.25) is 0 Å². The van der Waals surface area contributed by atoms with Crippen LogP contribution in [-0.4, -0.2) is 13.1 Å². The molecule has 0 radical (unpaired) electrons. The van der Waals surface area contributed by atoms with Crippen LogP contribution in [0.2, 0.25) is 0 Å². The Morgan fingerprint density at radius 2 is 1.53 bits per heavy atom. The second-order valence-electron chi connectivity index (χ2n) is 5.04. The Balaban J connectivity index is 2.18. The summed E-state index contributed by atoms with van der Waals surface area (Å²) in [7, 11) is 1.98. The molecule has 100 valence electrons. The summed E-state index contributed by atoms with van der Waals surface area (Å²) in [6.45, 7) is 2.04. The van der Waals surface area contributed by atoms with Crippen LogP contribution in [0.25, 0.3) is 11.1 Å². The summed E-state index contributed by atoms with van der Waals surface area (Å²) in [5, 5.41) is 3.33. The molecule has 3 N–H and O–H groups in total.